The van der Waals surface area contributed by atoms with Crippen molar-refractivity contribution < 1.29 is 21.6 Å². The third kappa shape index (κ3) is 7.53. The molecule has 4 aromatic carbocycles. The zero-order valence-corrected chi connectivity index (χ0v) is 27.5. The van der Waals surface area contributed by atoms with Crippen molar-refractivity contribution in [3.8, 4) is 0 Å². The maximum absolute atomic E-state index is 13.8. The Bertz CT molecular complexity index is 2090. The maximum atomic E-state index is 13.8. The fourth-order valence-corrected chi connectivity index (χ4v) is 7.31. The van der Waals surface area contributed by atoms with Gasteiger partial charge in [-0.15, -0.1) is 0 Å². The molecule has 0 fully saturated rings. The monoisotopic (exact) mass is 675 g/mol. The molecule has 1 heterocycles. The Morgan fingerprint density at radius 1 is 0.761 bits per heavy atom. The molecule has 0 spiro atoms. The van der Waals surface area contributed by atoms with Crippen molar-refractivity contribution in [2.24, 2.45) is 0 Å². The number of halogens is 1. The number of amides is 1. The van der Waals surface area contributed by atoms with Gasteiger partial charge in [-0.2, -0.15) is 0 Å². The Hall–Kier alpha value is -4.78. The maximum Gasteiger partial charge on any atom is 0.264 e. The largest absolute Gasteiger partial charge is 0.322 e. The molecule has 0 atom stereocenters. The number of carbonyl (C=O) groups excluding carboxylic acids is 1. The minimum atomic E-state index is -3.95. The number of anilines is 3. The van der Waals surface area contributed by atoms with E-state index in [4.69, 9.17) is 11.6 Å². The average molecular weight is 676 g/mol. The number of aryl methyl sites for hydroxylation is 3. The summed E-state index contributed by atoms with van der Waals surface area (Å²) < 4.78 is 56.8. The van der Waals surface area contributed by atoms with E-state index in [0.29, 0.717) is 38.9 Å². The van der Waals surface area contributed by atoms with E-state index in [2.05, 4.69) is 20.0 Å². The standard InChI is InChI=1S/C33H30ClN5O5S2/c1-22-9-14-27(34)20-31(22)39(46(43,44)30-7-5-4-6-8-30)21-25-10-12-26(13-11-25)32(40)37-28-15-17-29(18-16-28)45(41,42)38-33-35-23(2)19-24(3)36-33/h4-20H,21H2,1-3H3,(H,37,40)(H,35,36,38). The Morgan fingerprint density at radius 2 is 1.39 bits per heavy atom. The Balaban J connectivity index is 1.31. The highest BCUT2D eigenvalue weighted by Crippen LogP contribution is 2.31. The summed E-state index contributed by atoms with van der Waals surface area (Å²) in [6.07, 6.45) is 0. The quantitative estimate of drug-likeness (QED) is 0.172. The van der Waals surface area contributed by atoms with Crippen molar-refractivity contribution in [3.63, 3.8) is 0 Å². The van der Waals surface area contributed by atoms with Crippen LogP contribution in [-0.4, -0.2) is 32.7 Å². The fourth-order valence-electron chi connectivity index (χ4n) is 4.67. The first kappa shape index (κ1) is 32.6. The Kier molecular flexibility index (Phi) is 9.42. The van der Waals surface area contributed by atoms with Gasteiger partial charge in [0.2, 0.25) is 5.95 Å². The number of rotatable bonds is 10. The van der Waals surface area contributed by atoms with Crippen LogP contribution in [0.3, 0.4) is 0 Å². The molecule has 0 aliphatic heterocycles. The van der Waals surface area contributed by atoms with Gasteiger partial charge in [-0.1, -0.05) is 48.0 Å². The van der Waals surface area contributed by atoms with E-state index >= 15 is 0 Å². The number of benzene rings is 4. The number of hydrogen-bond donors (Lipinski definition) is 2. The van der Waals surface area contributed by atoms with Crippen molar-refractivity contribution in [1.82, 2.24) is 9.97 Å². The van der Waals surface area contributed by atoms with Crippen LogP contribution in [0.15, 0.2) is 113 Å². The first-order chi connectivity index (χ1) is 21.8. The summed E-state index contributed by atoms with van der Waals surface area (Å²) in [6.45, 7) is 5.29. The van der Waals surface area contributed by atoms with Crippen LogP contribution in [0.25, 0.3) is 0 Å². The van der Waals surface area contributed by atoms with Gasteiger partial charge >= 0.3 is 0 Å². The van der Waals surface area contributed by atoms with Crippen molar-refractivity contribution >= 4 is 54.9 Å². The van der Waals surface area contributed by atoms with Crippen LogP contribution in [0.2, 0.25) is 5.02 Å². The molecule has 10 nitrogen and oxygen atoms in total. The van der Waals surface area contributed by atoms with Gasteiger partial charge in [-0.05, 0) is 98.6 Å². The zero-order valence-electron chi connectivity index (χ0n) is 25.1. The van der Waals surface area contributed by atoms with Crippen molar-refractivity contribution in [1.29, 1.82) is 0 Å². The smallest absolute Gasteiger partial charge is 0.264 e. The highest BCUT2D eigenvalue weighted by molar-refractivity contribution is 7.93. The van der Waals surface area contributed by atoms with Gasteiger partial charge in [0, 0.05) is 27.7 Å². The second kappa shape index (κ2) is 13.3. The van der Waals surface area contributed by atoms with Crippen LogP contribution in [0.4, 0.5) is 17.3 Å². The second-order valence-electron chi connectivity index (χ2n) is 10.5. The molecule has 0 aliphatic carbocycles. The van der Waals surface area contributed by atoms with Crippen molar-refractivity contribution in [2.75, 3.05) is 14.3 Å². The molecular formula is C33H30ClN5O5S2. The summed E-state index contributed by atoms with van der Waals surface area (Å²) in [4.78, 5) is 21.3. The van der Waals surface area contributed by atoms with Gasteiger partial charge in [0.15, 0.2) is 0 Å². The van der Waals surface area contributed by atoms with Crippen LogP contribution in [0.1, 0.15) is 32.9 Å². The van der Waals surface area contributed by atoms with Crippen LogP contribution in [0.5, 0.6) is 0 Å². The first-order valence-corrected chi connectivity index (χ1v) is 17.3. The molecule has 0 aliphatic rings. The molecule has 5 aromatic rings. The minimum Gasteiger partial charge on any atom is -0.322 e. The second-order valence-corrected chi connectivity index (χ2v) is 14.5. The molecule has 0 saturated carbocycles. The molecule has 0 unspecified atom stereocenters. The van der Waals surface area contributed by atoms with Gasteiger partial charge in [-0.3, -0.25) is 9.10 Å². The summed E-state index contributed by atoms with van der Waals surface area (Å²) in [5, 5.41) is 3.15. The first-order valence-electron chi connectivity index (χ1n) is 14.0. The lowest BCUT2D eigenvalue weighted by Gasteiger charge is -2.26. The van der Waals surface area contributed by atoms with E-state index in [0.717, 1.165) is 5.56 Å². The van der Waals surface area contributed by atoms with Crippen LogP contribution < -0.4 is 14.3 Å². The molecule has 2 N–H and O–H groups in total. The van der Waals surface area contributed by atoms with Gasteiger partial charge in [0.1, 0.15) is 0 Å². The van der Waals surface area contributed by atoms with Crippen LogP contribution in [0, 0.1) is 20.8 Å². The number of hydrogen-bond acceptors (Lipinski definition) is 7. The Labute approximate surface area is 273 Å². The van der Waals surface area contributed by atoms with Gasteiger partial charge < -0.3 is 5.32 Å². The predicted molar refractivity (Wildman–Crippen MR) is 179 cm³/mol. The number of carbonyl (C=O) groups is 1. The number of aromatic nitrogens is 2. The molecule has 0 bridgehead atoms. The van der Waals surface area contributed by atoms with Crippen molar-refractivity contribution in [3.05, 3.63) is 136 Å². The summed E-state index contributed by atoms with van der Waals surface area (Å²) in [6, 6.07) is 27.2. The average Bonchev–Trinajstić information content (AvgIpc) is 3.01. The third-order valence-electron chi connectivity index (χ3n) is 6.94. The fraction of sp³-hybridized carbons (Fsp3) is 0.121. The summed E-state index contributed by atoms with van der Waals surface area (Å²) in [5.41, 5.74) is 3.78. The highest BCUT2D eigenvalue weighted by atomic mass is 35.5. The lowest BCUT2D eigenvalue weighted by atomic mass is 10.1. The molecule has 13 heteroatoms. The van der Waals surface area contributed by atoms with E-state index in [9.17, 15) is 21.6 Å². The molecule has 0 saturated heterocycles. The van der Waals surface area contributed by atoms with Crippen molar-refractivity contribution in [2.45, 2.75) is 37.1 Å². The van der Waals surface area contributed by atoms with Gasteiger partial charge in [0.05, 0.1) is 22.0 Å². The predicted octanol–water partition coefficient (Wildman–Crippen LogP) is 6.50. The molecule has 1 aromatic heterocycles. The van der Waals surface area contributed by atoms with E-state index in [1.165, 1.54) is 40.7 Å². The highest BCUT2D eigenvalue weighted by Gasteiger charge is 2.27. The Morgan fingerprint density at radius 3 is 2.02 bits per heavy atom. The summed E-state index contributed by atoms with van der Waals surface area (Å²) >= 11 is 6.25. The molecular weight excluding hydrogens is 646 g/mol. The molecule has 46 heavy (non-hydrogen) atoms. The minimum absolute atomic E-state index is 0.00254. The number of sulfonamides is 2. The van der Waals surface area contributed by atoms with Gasteiger partial charge in [0.25, 0.3) is 26.0 Å². The molecule has 236 valence electrons. The topological polar surface area (TPSA) is 138 Å². The number of nitrogens with zero attached hydrogens (tertiary/aromatic N) is 3. The van der Waals surface area contributed by atoms with Gasteiger partial charge in [-0.25, -0.2) is 31.5 Å². The molecule has 0 radical (unpaired) electrons. The number of nitrogens with one attached hydrogen (secondary N) is 2. The van der Waals surface area contributed by atoms with Crippen LogP contribution >= 0.6 is 11.6 Å². The summed E-state index contributed by atoms with van der Waals surface area (Å²) in [5.74, 6) is -0.454. The lowest BCUT2D eigenvalue weighted by Crippen LogP contribution is -2.31. The SMILES string of the molecule is Cc1cc(C)nc(NS(=O)(=O)c2ccc(NC(=O)c3ccc(CN(c4cc(Cl)ccc4C)S(=O)(=O)c4ccccc4)cc3)cc2)n1. The van der Waals surface area contributed by atoms with E-state index < -0.39 is 26.0 Å². The zero-order chi connectivity index (χ0) is 33.1. The molecule has 5 rings (SSSR count). The van der Waals surface area contributed by atoms with E-state index in [-0.39, 0.29) is 22.3 Å². The van der Waals surface area contributed by atoms with Crippen LogP contribution in [-0.2, 0) is 26.6 Å². The van der Waals surface area contributed by atoms with E-state index in [1.54, 1.807) is 80.6 Å². The lowest BCUT2D eigenvalue weighted by molar-refractivity contribution is 0.102. The summed E-state index contributed by atoms with van der Waals surface area (Å²) in [7, 11) is -7.91. The molecule has 1 amide bonds. The normalized spacial score (nSPS) is 11.6. The van der Waals surface area contributed by atoms with E-state index in [1.807, 2.05) is 6.92 Å². The third-order valence-corrected chi connectivity index (χ3v) is 10.3.